The number of aryl methyl sites for hydroxylation is 2. The lowest BCUT2D eigenvalue weighted by atomic mass is 9.75. The minimum Gasteiger partial charge on any atom is -0.361 e. The highest BCUT2D eigenvalue weighted by molar-refractivity contribution is 5.31. The molecule has 2 aromatic rings. The molecular formula is C20H26N2O. The van der Waals surface area contributed by atoms with Crippen LogP contribution < -0.4 is 0 Å². The maximum atomic E-state index is 5.79. The summed E-state index contributed by atoms with van der Waals surface area (Å²) in [5.74, 6) is 2.06. The highest BCUT2D eigenvalue weighted by Crippen LogP contribution is 2.50. The van der Waals surface area contributed by atoms with Crippen molar-refractivity contribution < 1.29 is 4.52 Å². The normalized spacial score (nSPS) is 30.7. The second kappa shape index (κ2) is 5.79. The van der Waals surface area contributed by atoms with Crippen LogP contribution in [0.2, 0.25) is 0 Å². The number of aromatic nitrogens is 1. The third-order valence-corrected chi connectivity index (χ3v) is 6.04. The van der Waals surface area contributed by atoms with Gasteiger partial charge in [0.15, 0.2) is 0 Å². The van der Waals surface area contributed by atoms with E-state index in [2.05, 4.69) is 61.3 Å². The van der Waals surface area contributed by atoms with E-state index in [9.17, 15) is 0 Å². The summed E-state index contributed by atoms with van der Waals surface area (Å²) < 4.78 is 5.79. The van der Waals surface area contributed by atoms with Gasteiger partial charge in [-0.15, -0.1) is 0 Å². The molecule has 1 aromatic carbocycles. The van der Waals surface area contributed by atoms with Crippen LogP contribution in [0.4, 0.5) is 0 Å². The monoisotopic (exact) mass is 310 g/mol. The van der Waals surface area contributed by atoms with Crippen molar-refractivity contribution in [1.29, 1.82) is 0 Å². The number of fused-ring (bicyclic) bond motifs is 2. The van der Waals surface area contributed by atoms with Crippen LogP contribution in [-0.2, 0) is 6.42 Å². The summed E-state index contributed by atoms with van der Waals surface area (Å²) in [6, 6.07) is 12.6. The maximum absolute atomic E-state index is 5.79. The summed E-state index contributed by atoms with van der Waals surface area (Å²) in [4.78, 5) is 2.59. The second-order valence-electron chi connectivity index (χ2n) is 7.32. The van der Waals surface area contributed by atoms with Gasteiger partial charge in [0.1, 0.15) is 5.76 Å². The molecule has 0 saturated carbocycles. The fourth-order valence-electron chi connectivity index (χ4n) is 4.66. The first kappa shape index (κ1) is 14.9. The van der Waals surface area contributed by atoms with Gasteiger partial charge in [0, 0.05) is 24.1 Å². The third kappa shape index (κ3) is 2.51. The van der Waals surface area contributed by atoms with E-state index < -0.39 is 0 Å². The smallest absolute Gasteiger partial charge is 0.142 e. The minimum absolute atomic E-state index is 0.425. The molecule has 3 heterocycles. The summed E-state index contributed by atoms with van der Waals surface area (Å²) in [5.41, 5.74) is 3.86. The molecule has 3 nitrogen and oxygen atoms in total. The van der Waals surface area contributed by atoms with Crippen LogP contribution in [0.3, 0.4) is 0 Å². The lowest BCUT2D eigenvalue weighted by Crippen LogP contribution is -2.44. The average Bonchev–Trinajstić information content (AvgIpc) is 3.11. The molecular weight excluding hydrogens is 284 g/mol. The average molecular weight is 310 g/mol. The minimum atomic E-state index is 0.425. The number of benzene rings is 1. The molecule has 2 aliphatic heterocycles. The molecule has 0 unspecified atom stereocenters. The van der Waals surface area contributed by atoms with Gasteiger partial charge in [-0.1, -0.05) is 41.9 Å². The summed E-state index contributed by atoms with van der Waals surface area (Å²) in [5, 5.41) is 4.27. The Morgan fingerprint density at radius 1 is 1.22 bits per heavy atom. The SMILES string of the molecule is CCc1cc([C@H]2[C@@H](c3ccc(C)cc3)C[C@H]3CC[C@H]2N3C)on1. The first-order valence-corrected chi connectivity index (χ1v) is 8.91. The zero-order valence-electron chi connectivity index (χ0n) is 14.3. The molecule has 2 fully saturated rings. The van der Waals surface area contributed by atoms with E-state index in [1.165, 1.54) is 30.4 Å². The highest BCUT2D eigenvalue weighted by atomic mass is 16.5. The van der Waals surface area contributed by atoms with Crippen molar-refractivity contribution in [2.75, 3.05) is 7.05 Å². The summed E-state index contributed by atoms with van der Waals surface area (Å²) in [6.07, 6.45) is 4.75. The molecule has 23 heavy (non-hydrogen) atoms. The van der Waals surface area contributed by atoms with E-state index in [0.29, 0.717) is 17.9 Å². The quantitative estimate of drug-likeness (QED) is 0.847. The zero-order chi connectivity index (χ0) is 16.0. The summed E-state index contributed by atoms with van der Waals surface area (Å²) in [6.45, 7) is 4.29. The van der Waals surface area contributed by atoms with Gasteiger partial charge < -0.3 is 4.52 Å². The predicted octanol–water partition coefficient (Wildman–Crippen LogP) is 4.28. The van der Waals surface area contributed by atoms with Gasteiger partial charge in [-0.25, -0.2) is 0 Å². The zero-order valence-corrected chi connectivity index (χ0v) is 14.3. The van der Waals surface area contributed by atoms with Crippen LogP contribution in [0.25, 0.3) is 0 Å². The van der Waals surface area contributed by atoms with Crippen LogP contribution in [-0.4, -0.2) is 29.2 Å². The largest absolute Gasteiger partial charge is 0.361 e. The topological polar surface area (TPSA) is 29.3 Å². The molecule has 0 N–H and O–H groups in total. The molecule has 0 radical (unpaired) electrons. The van der Waals surface area contributed by atoms with Gasteiger partial charge in [-0.2, -0.15) is 0 Å². The molecule has 0 aliphatic carbocycles. The second-order valence-corrected chi connectivity index (χ2v) is 7.32. The molecule has 122 valence electrons. The van der Waals surface area contributed by atoms with Gasteiger partial charge >= 0.3 is 0 Å². The fourth-order valence-corrected chi connectivity index (χ4v) is 4.66. The van der Waals surface area contributed by atoms with Crippen molar-refractivity contribution in [3.63, 3.8) is 0 Å². The molecule has 4 atom stereocenters. The van der Waals surface area contributed by atoms with Crippen LogP contribution in [0.5, 0.6) is 0 Å². The lowest BCUT2D eigenvalue weighted by Gasteiger charge is -2.42. The Kier molecular flexibility index (Phi) is 3.76. The van der Waals surface area contributed by atoms with Crippen molar-refractivity contribution in [3.8, 4) is 0 Å². The van der Waals surface area contributed by atoms with Gasteiger partial charge in [0.25, 0.3) is 0 Å². The highest BCUT2D eigenvalue weighted by Gasteiger charge is 2.48. The first-order chi connectivity index (χ1) is 11.2. The van der Waals surface area contributed by atoms with Crippen molar-refractivity contribution in [1.82, 2.24) is 10.1 Å². The molecule has 2 saturated heterocycles. The molecule has 2 bridgehead atoms. The van der Waals surface area contributed by atoms with Gasteiger partial charge in [-0.3, -0.25) is 4.90 Å². The third-order valence-electron chi connectivity index (χ3n) is 6.04. The van der Waals surface area contributed by atoms with E-state index in [0.717, 1.165) is 23.9 Å². The number of hydrogen-bond donors (Lipinski definition) is 0. The molecule has 0 amide bonds. The first-order valence-electron chi connectivity index (χ1n) is 8.91. The van der Waals surface area contributed by atoms with Gasteiger partial charge in [0.05, 0.1) is 5.69 Å². The van der Waals surface area contributed by atoms with E-state index in [1.807, 2.05) is 0 Å². The lowest BCUT2D eigenvalue weighted by molar-refractivity contribution is 0.122. The predicted molar refractivity (Wildman–Crippen MR) is 91.7 cm³/mol. The Morgan fingerprint density at radius 3 is 2.70 bits per heavy atom. The van der Waals surface area contributed by atoms with Gasteiger partial charge in [-0.05, 0) is 51.1 Å². The number of likely N-dealkylation sites (N-methyl/N-ethyl adjacent to an activating group) is 1. The van der Waals surface area contributed by atoms with E-state index in [-0.39, 0.29) is 0 Å². The van der Waals surface area contributed by atoms with Crippen LogP contribution >= 0.6 is 0 Å². The molecule has 0 spiro atoms. The Hall–Kier alpha value is -1.61. The number of hydrogen-bond acceptors (Lipinski definition) is 3. The summed E-state index contributed by atoms with van der Waals surface area (Å²) >= 11 is 0. The fraction of sp³-hybridized carbons (Fsp3) is 0.550. The molecule has 2 aliphatic rings. The molecule has 1 aromatic heterocycles. The van der Waals surface area contributed by atoms with Crippen molar-refractivity contribution in [2.45, 2.75) is 63.5 Å². The molecule has 4 rings (SSSR count). The van der Waals surface area contributed by atoms with Crippen LogP contribution in [0.15, 0.2) is 34.9 Å². The van der Waals surface area contributed by atoms with E-state index in [1.54, 1.807) is 0 Å². The Morgan fingerprint density at radius 2 is 2.00 bits per heavy atom. The standard InChI is InChI=1S/C20H26N2O/c1-4-15-11-19(23-21-15)20-17(14-7-5-13(2)6-8-14)12-16-9-10-18(20)22(16)3/h5-8,11,16-18,20H,4,9-10,12H2,1-3H3/t16-,17-,18-,20+/m1/s1. The Bertz CT molecular complexity index is 675. The maximum Gasteiger partial charge on any atom is 0.142 e. The van der Waals surface area contributed by atoms with Crippen molar-refractivity contribution in [2.24, 2.45) is 0 Å². The Balaban J connectivity index is 1.74. The number of nitrogens with zero attached hydrogens (tertiary/aromatic N) is 2. The van der Waals surface area contributed by atoms with Crippen LogP contribution in [0, 0.1) is 6.92 Å². The summed E-state index contributed by atoms with van der Waals surface area (Å²) in [7, 11) is 2.29. The molecule has 3 heteroatoms. The van der Waals surface area contributed by atoms with E-state index >= 15 is 0 Å². The Labute approximate surface area is 138 Å². The van der Waals surface area contributed by atoms with Crippen molar-refractivity contribution >= 4 is 0 Å². The number of piperidine rings is 1. The number of rotatable bonds is 3. The van der Waals surface area contributed by atoms with Gasteiger partial charge in [0.2, 0.25) is 0 Å². The van der Waals surface area contributed by atoms with E-state index in [4.69, 9.17) is 4.52 Å². The van der Waals surface area contributed by atoms with Crippen molar-refractivity contribution in [3.05, 3.63) is 52.9 Å². The van der Waals surface area contributed by atoms with Crippen LogP contribution in [0.1, 0.15) is 60.6 Å².